The molecule has 4 rings (SSSR count). The van der Waals surface area contributed by atoms with E-state index in [0.29, 0.717) is 28.1 Å². The highest BCUT2D eigenvalue weighted by Crippen LogP contribution is 2.37. The summed E-state index contributed by atoms with van der Waals surface area (Å²) in [5.41, 5.74) is 7.23. The van der Waals surface area contributed by atoms with Crippen molar-refractivity contribution in [1.82, 2.24) is 14.8 Å². The molecule has 136 valence electrons. The smallest absolute Gasteiger partial charge is 0.248 e. The predicted octanol–water partition coefficient (Wildman–Crippen LogP) is 3.51. The van der Waals surface area contributed by atoms with Gasteiger partial charge in [-0.25, -0.2) is 9.07 Å². The van der Waals surface area contributed by atoms with Crippen LogP contribution >= 0.6 is 11.6 Å². The first-order valence-corrected chi connectivity index (χ1v) is 8.58. The maximum absolute atomic E-state index is 14.5. The summed E-state index contributed by atoms with van der Waals surface area (Å²) in [6, 6.07) is 12.5. The number of halogens is 2. The Morgan fingerprint density at radius 2 is 1.93 bits per heavy atom. The summed E-state index contributed by atoms with van der Waals surface area (Å²) in [4.78, 5) is 16.6. The van der Waals surface area contributed by atoms with E-state index in [2.05, 4.69) is 15.4 Å². The third-order valence-electron chi connectivity index (χ3n) is 4.43. The minimum atomic E-state index is -0.830. The van der Waals surface area contributed by atoms with Gasteiger partial charge in [0.2, 0.25) is 11.9 Å². The lowest BCUT2D eigenvalue weighted by molar-refractivity contribution is -0.115. The largest absolute Gasteiger partial charge is 0.366 e. The van der Waals surface area contributed by atoms with Crippen molar-refractivity contribution >= 4 is 23.5 Å². The highest BCUT2D eigenvalue weighted by molar-refractivity contribution is 6.33. The molecule has 27 heavy (non-hydrogen) atoms. The third-order valence-corrected chi connectivity index (χ3v) is 4.76. The zero-order valence-corrected chi connectivity index (χ0v) is 15.0. The van der Waals surface area contributed by atoms with E-state index in [9.17, 15) is 9.18 Å². The number of carbonyl (C=O) groups excluding carboxylic acids is 1. The second kappa shape index (κ2) is 6.51. The van der Waals surface area contributed by atoms with Gasteiger partial charge in [0.05, 0.1) is 10.6 Å². The normalized spacial score (nSPS) is 16.0. The fraction of sp³-hybridized carbons (Fsp3) is 0.105. The van der Waals surface area contributed by atoms with E-state index in [1.54, 1.807) is 43.3 Å². The van der Waals surface area contributed by atoms with Crippen LogP contribution in [0.5, 0.6) is 0 Å². The van der Waals surface area contributed by atoms with Gasteiger partial charge in [-0.15, -0.1) is 5.10 Å². The van der Waals surface area contributed by atoms with E-state index < -0.39 is 17.8 Å². The second-order valence-electron chi connectivity index (χ2n) is 6.14. The molecule has 1 aliphatic heterocycles. The van der Waals surface area contributed by atoms with Crippen LogP contribution in [0.25, 0.3) is 11.4 Å². The van der Waals surface area contributed by atoms with Crippen molar-refractivity contribution in [2.24, 2.45) is 5.73 Å². The molecule has 0 bridgehead atoms. The van der Waals surface area contributed by atoms with Gasteiger partial charge in [-0.2, -0.15) is 4.98 Å². The molecule has 0 radical (unpaired) electrons. The summed E-state index contributed by atoms with van der Waals surface area (Å²) in [6.45, 7) is 1.70. The van der Waals surface area contributed by atoms with Crippen molar-refractivity contribution in [2.45, 2.75) is 13.0 Å². The van der Waals surface area contributed by atoms with E-state index in [-0.39, 0.29) is 11.1 Å². The fourth-order valence-electron chi connectivity index (χ4n) is 3.21. The van der Waals surface area contributed by atoms with Crippen molar-refractivity contribution in [2.75, 3.05) is 5.32 Å². The van der Waals surface area contributed by atoms with Gasteiger partial charge in [-0.05, 0) is 25.1 Å². The molecule has 0 saturated heterocycles. The third kappa shape index (κ3) is 2.86. The van der Waals surface area contributed by atoms with Gasteiger partial charge >= 0.3 is 0 Å². The van der Waals surface area contributed by atoms with Crippen molar-refractivity contribution in [3.05, 3.63) is 76.2 Å². The Labute approximate surface area is 159 Å². The number of hydrogen-bond donors (Lipinski definition) is 2. The molecule has 0 saturated carbocycles. The Bertz CT molecular complexity index is 1090. The molecular weight excluding hydrogens is 369 g/mol. The molecule has 2 aromatic carbocycles. The first kappa shape index (κ1) is 17.2. The molecule has 3 aromatic rings. The van der Waals surface area contributed by atoms with Crippen molar-refractivity contribution in [3.8, 4) is 11.4 Å². The van der Waals surface area contributed by atoms with Gasteiger partial charge in [-0.3, -0.25) is 4.79 Å². The molecule has 8 heteroatoms. The molecule has 0 aliphatic carbocycles. The van der Waals surface area contributed by atoms with E-state index in [4.69, 9.17) is 17.3 Å². The van der Waals surface area contributed by atoms with Crippen LogP contribution in [0.2, 0.25) is 5.02 Å². The van der Waals surface area contributed by atoms with Gasteiger partial charge in [0.15, 0.2) is 5.82 Å². The maximum Gasteiger partial charge on any atom is 0.248 e. The Balaban J connectivity index is 1.93. The summed E-state index contributed by atoms with van der Waals surface area (Å²) >= 11 is 6.25. The lowest BCUT2D eigenvalue weighted by Crippen LogP contribution is -2.32. The van der Waals surface area contributed by atoms with Gasteiger partial charge in [0.25, 0.3) is 0 Å². The second-order valence-corrected chi connectivity index (χ2v) is 6.54. The zero-order valence-electron chi connectivity index (χ0n) is 14.3. The number of rotatable bonds is 3. The van der Waals surface area contributed by atoms with Crippen LogP contribution in [0, 0.1) is 5.82 Å². The van der Waals surface area contributed by atoms with Gasteiger partial charge in [0.1, 0.15) is 11.9 Å². The molecule has 1 amide bonds. The fourth-order valence-corrected chi connectivity index (χ4v) is 3.43. The molecule has 1 aromatic heterocycles. The number of fused-ring (bicyclic) bond motifs is 1. The Morgan fingerprint density at radius 3 is 2.63 bits per heavy atom. The van der Waals surface area contributed by atoms with Crippen LogP contribution in [0.3, 0.4) is 0 Å². The zero-order chi connectivity index (χ0) is 19.1. The predicted molar refractivity (Wildman–Crippen MR) is 101 cm³/mol. The van der Waals surface area contributed by atoms with Crippen LogP contribution in [0.4, 0.5) is 10.3 Å². The first-order chi connectivity index (χ1) is 13.0. The quantitative estimate of drug-likeness (QED) is 0.724. The lowest BCUT2D eigenvalue weighted by Gasteiger charge is -2.27. The van der Waals surface area contributed by atoms with E-state index >= 15 is 0 Å². The van der Waals surface area contributed by atoms with Crippen LogP contribution in [-0.2, 0) is 4.79 Å². The number of aromatic nitrogens is 3. The number of nitrogens with zero attached hydrogens (tertiary/aromatic N) is 3. The average Bonchev–Trinajstić information content (AvgIpc) is 3.04. The minimum Gasteiger partial charge on any atom is -0.366 e. The van der Waals surface area contributed by atoms with Gasteiger partial charge < -0.3 is 11.1 Å². The molecule has 0 unspecified atom stereocenters. The number of nitrogens with two attached hydrogens (primary N) is 1. The average molecular weight is 384 g/mol. The summed E-state index contributed by atoms with van der Waals surface area (Å²) in [5.74, 6) is -0.381. The number of nitrogens with one attached hydrogen (secondary N) is 1. The molecule has 3 N–H and O–H groups in total. The lowest BCUT2D eigenvalue weighted by atomic mass is 9.95. The first-order valence-electron chi connectivity index (χ1n) is 8.21. The number of benzene rings is 2. The standard InChI is InChI=1S/C19H15ClFN5O/c1-10-15(17(22)27)16(12-7-3-5-9-14(12)21)26-19(23-10)24-18(25-26)11-6-2-4-8-13(11)20/h2-9,16H,1H3,(H2,22,27)(H,23,24,25)/t16-/m1/s1. The number of allylic oxidation sites excluding steroid dienone is 1. The van der Waals surface area contributed by atoms with E-state index in [1.165, 1.54) is 10.7 Å². The molecule has 6 nitrogen and oxygen atoms in total. The molecular formula is C19H15ClFN5O. The summed E-state index contributed by atoms with van der Waals surface area (Å²) in [5, 5.41) is 8.01. The monoisotopic (exact) mass is 383 g/mol. The number of primary amides is 1. The minimum absolute atomic E-state index is 0.225. The molecule has 2 heterocycles. The summed E-state index contributed by atoms with van der Waals surface area (Å²) in [6.07, 6.45) is 0. The Kier molecular flexibility index (Phi) is 4.16. The molecule has 0 spiro atoms. The summed E-state index contributed by atoms with van der Waals surface area (Å²) in [7, 11) is 0. The Morgan fingerprint density at radius 1 is 1.22 bits per heavy atom. The number of carbonyl (C=O) groups is 1. The molecule has 1 aliphatic rings. The van der Waals surface area contributed by atoms with Crippen molar-refractivity contribution in [1.29, 1.82) is 0 Å². The van der Waals surface area contributed by atoms with Crippen molar-refractivity contribution < 1.29 is 9.18 Å². The van der Waals surface area contributed by atoms with Crippen LogP contribution in [-0.4, -0.2) is 20.7 Å². The number of hydrogen-bond acceptors (Lipinski definition) is 4. The number of anilines is 1. The highest BCUT2D eigenvalue weighted by atomic mass is 35.5. The molecule has 0 fully saturated rings. The van der Waals surface area contributed by atoms with Gasteiger partial charge in [-0.1, -0.05) is 41.9 Å². The van der Waals surface area contributed by atoms with Crippen LogP contribution in [0.15, 0.2) is 59.8 Å². The topological polar surface area (TPSA) is 85.8 Å². The number of amides is 1. The Hall–Kier alpha value is -3.19. The highest BCUT2D eigenvalue weighted by Gasteiger charge is 2.34. The van der Waals surface area contributed by atoms with Crippen LogP contribution < -0.4 is 11.1 Å². The van der Waals surface area contributed by atoms with Crippen molar-refractivity contribution in [3.63, 3.8) is 0 Å². The molecule has 1 atom stereocenters. The van der Waals surface area contributed by atoms with E-state index in [0.717, 1.165) is 0 Å². The van der Waals surface area contributed by atoms with Gasteiger partial charge in [0, 0.05) is 16.8 Å². The van der Waals surface area contributed by atoms with E-state index in [1.807, 2.05) is 6.07 Å². The van der Waals surface area contributed by atoms with Crippen LogP contribution in [0.1, 0.15) is 18.5 Å². The summed E-state index contributed by atoms with van der Waals surface area (Å²) < 4.78 is 16.0. The SMILES string of the molecule is CC1=C(C(N)=O)[C@@H](c2ccccc2F)n2nc(-c3ccccc3Cl)nc2N1. The maximum atomic E-state index is 14.5.